The topological polar surface area (TPSA) is 134 Å². The monoisotopic (exact) mass is 496 g/mol. The van der Waals surface area contributed by atoms with Crippen LogP contribution in [0.4, 0.5) is 11.5 Å². The Morgan fingerprint density at radius 2 is 1.76 bits per heavy atom. The minimum Gasteiger partial charge on any atom is -0.269 e. The zero-order chi connectivity index (χ0) is 24.3. The number of amides is 2. The summed E-state index contributed by atoms with van der Waals surface area (Å²) in [6.07, 6.45) is 1.47. The molecule has 0 fully saturated rings. The third kappa shape index (κ3) is 5.00. The molecule has 2 heterocycles. The van der Waals surface area contributed by atoms with Gasteiger partial charge in [0.2, 0.25) is 0 Å². The molecule has 12 heteroatoms. The number of hydrogen-bond acceptors (Lipinski definition) is 8. The first-order valence-corrected chi connectivity index (χ1v) is 11.7. The number of halogens is 1. The van der Waals surface area contributed by atoms with Crippen LogP contribution in [0.3, 0.4) is 0 Å². The summed E-state index contributed by atoms with van der Waals surface area (Å²) in [6, 6.07) is 15.5. The molecule has 0 saturated carbocycles. The van der Waals surface area contributed by atoms with Crippen molar-refractivity contribution in [3.63, 3.8) is 0 Å². The van der Waals surface area contributed by atoms with Crippen molar-refractivity contribution in [1.29, 1.82) is 0 Å². The number of pyridine rings is 1. The number of nitrogens with one attached hydrogen (secondary N) is 1. The molecule has 2 amide bonds. The van der Waals surface area contributed by atoms with E-state index in [0.29, 0.717) is 16.4 Å². The molecule has 34 heavy (non-hydrogen) atoms. The van der Waals surface area contributed by atoms with Crippen LogP contribution < -0.4 is 4.72 Å². The van der Waals surface area contributed by atoms with Gasteiger partial charge in [-0.1, -0.05) is 17.7 Å². The molecule has 10 nitrogen and oxygen atoms in total. The number of aromatic nitrogens is 1. The van der Waals surface area contributed by atoms with E-state index in [-0.39, 0.29) is 16.3 Å². The normalized spacial score (nSPS) is 16.1. The molecular formula is C22H17ClN6O4S. The number of hydrazone groups is 1. The minimum absolute atomic E-state index is 0.00604. The summed E-state index contributed by atoms with van der Waals surface area (Å²) >= 11 is 5.84. The molecule has 1 aliphatic heterocycles. The Labute approximate surface area is 200 Å². The number of sulfonamides is 1. The van der Waals surface area contributed by atoms with Crippen molar-refractivity contribution < 1.29 is 18.0 Å². The average Bonchev–Trinajstić information content (AvgIpc) is 3.11. The van der Waals surface area contributed by atoms with Gasteiger partial charge in [-0.15, -0.1) is 0 Å². The Balaban J connectivity index is 1.45. The first-order valence-electron chi connectivity index (χ1n) is 9.88. The average molecular weight is 497 g/mol. The maximum Gasteiger partial charge on any atom is 0.282 e. The number of nitrogens with zero attached hydrogens (tertiary/aromatic N) is 5. The molecule has 1 N–H and O–H groups in total. The van der Waals surface area contributed by atoms with Crippen LogP contribution in [-0.4, -0.2) is 42.0 Å². The van der Waals surface area contributed by atoms with E-state index < -0.39 is 27.9 Å². The largest absolute Gasteiger partial charge is 0.282 e. The number of hydrogen-bond donors (Lipinski definition) is 1. The third-order valence-electron chi connectivity index (χ3n) is 4.72. The van der Waals surface area contributed by atoms with Crippen molar-refractivity contribution in [1.82, 2.24) is 9.99 Å². The zero-order valence-corrected chi connectivity index (χ0v) is 19.2. The molecule has 3 aromatic rings. The standard InChI is InChI=1S/C22H17ClN6O4S/c1-14-20(22(31)29(27-14)21(30)15-5-7-16(23)8-6-15)26-25-17-9-11-18(12-10-17)34(32,33)28-19-4-2-3-13-24-19/h2-13,20H,1H3,(H,24,28). The van der Waals surface area contributed by atoms with E-state index >= 15 is 0 Å². The van der Waals surface area contributed by atoms with Crippen molar-refractivity contribution in [2.75, 3.05) is 4.72 Å². The molecule has 1 aromatic heterocycles. The van der Waals surface area contributed by atoms with Gasteiger partial charge in [0.1, 0.15) is 5.82 Å². The van der Waals surface area contributed by atoms with E-state index in [1.807, 2.05) is 0 Å². The third-order valence-corrected chi connectivity index (χ3v) is 6.34. The van der Waals surface area contributed by atoms with Crippen molar-refractivity contribution in [2.45, 2.75) is 17.9 Å². The molecule has 4 rings (SSSR count). The first kappa shape index (κ1) is 23.2. The van der Waals surface area contributed by atoms with E-state index in [1.165, 1.54) is 48.7 Å². The first-order chi connectivity index (χ1) is 16.2. The summed E-state index contributed by atoms with van der Waals surface area (Å²) in [5.41, 5.74) is 0.873. The van der Waals surface area contributed by atoms with Gasteiger partial charge in [-0.25, -0.2) is 13.4 Å². The number of carbonyl (C=O) groups is 2. The Hall–Kier alpha value is -3.96. The number of imide groups is 1. The lowest BCUT2D eigenvalue weighted by Gasteiger charge is -2.10. The van der Waals surface area contributed by atoms with Crippen LogP contribution in [0.15, 0.2) is 93.2 Å². The maximum absolute atomic E-state index is 12.7. The van der Waals surface area contributed by atoms with E-state index in [9.17, 15) is 18.0 Å². The maximum atomic E-state index is 12.7. The highest BCUT2D eigenvalue weighted by atomic mass is 35.5. The van der Waals surface area contributed by atoms with Gasteiger partial charge in [0.15, 0.2) is 6.04 Å². The van der Waals surface area contributed by atoms with Crippen LogP contribution in [-0.2, 0) is 14.8 Å². The Bertz CT molecular complexity index is 1390. The van der Waals surface area contributed by atoms with E-state index in [1.54, 1.807) is 31.2 Å². The number of anilines is 1. The molecule has 1 aliphatic rings. The molecule has 0 bridgehead atoms. The van der Waals surface area contributed by atoms with Gasteiger partial charge < -0.3 is 0 Å². The zero-order valence-electron chi connectivity index (χ0n) is 17.7. The quantitative estimate of drug-likeness (QED) is 0.406. The molecule has 1 unspecified atom stereocenters. The highest BCUT2D eigenvalue weighted by Crippen LogP contribution is 2.22. The van der Waals surface area contributed by atoms with Crippen LogP contribution >= 0.6 is 11.6 Å². The van der Waals surface area contributed by atoms with Crippen LogP contribution in [0.5, 0.6) is 0 Å². The summed E-state index contributed by atoms with van der Waals surface area (Å²) < 4.78 is 27.4. The number of carbonyl (C=O) groups excluding carboxylic acids is 2. The van der Waals surface area contributed by atoms with Crippen molar-refractivity contribution in [3.8, 4) is 0 Å². The smallest absolute Gasteiger partial charge is 0.269 e. The molecule has 0 spiro atoms. The van der Waals surface area contributed by atoms with Gasteiger partial charge in [-0.05, 0) is 67.6 Å². The van der Waals surface area contributed by atoms with Gasteiger partial charge in [0.25, 0.3) is 21.8 Å². The van der Waals surface area contributed by atoms with Crippen molar-refractivity contribution >= 4 is 50.7 Å². The number of rotatable bonds is 6. The fraction of sp³-hybridized carbons (Fsp3) is 0.0909. The lowest BCUT2D eigenvalue weighted by molar-refractivity contribution is -0.127. The second-order valence-electron chi connectivity index (χ2n) is 7.14. The van der Waals surface area contributed by atoms with Gasteiger partial charge >= 0.3 is 0 Å². The number of benzene rings is 2. The number of azo groups is 1. The van der Waals surface area contributed by atoms with E-state index in [4.69, 9.17) is 11.6 Å². The SMILES string of the molecule is CC1=NN(C(=O)c2ccc(Cl)cc2)C(=O)C1N=Nc1ccc(S(=O)(=O)Nc2ccccn2)cc1. The van der Waals surface area contributed by atoms with Crippen LogP contribution in [0, 0.1) is 0 Å². The predicted octanol–water partition coefficient (Wildman–Crippen LogP) is 4.05. The summed E-state index contributed by atoms with van der Waals surface area (Å²) in [5.74, 6) is -1.05. The lowest BCUT2D eigenvalue weighted by atomic mass is 10.2. The van der Waals surface area contributed by atoms with Gasteiger partial charge in [0.05, 0.1) is 16.3 Å². The molecular weight excluding hydrogens is 480 g/mol. The summed E-state index contributed by atoms with van der Waals surface area (Å²) in [5, 5.41) is 13.3. The van der Waals surface area contributed by atoms with Crippen LogP contribution in [0.25, 0.3) is 0 Å². The van der Waals surface area contributed by atoms with Gasteiger partial charge in [0, 0.05) is 16.8 Å². The van der Waals surface area contributed by atoms with Crippen molar-refractivity contribution in [2.24, 2.45) is 15.3 Å². The molecule has 2 aromatic carbocycles. The highest BCUT2D eigenvalue weighted by Gasteiger charge is 2.38. The Kier molecular flexibility index (Phi) is 6.48. The summed E-state index contributed by atoms with van der Waals surface area (Å²) in [7, 11) is -3.83. The molecule has 0 radical (unpaired) electrons. The highest BCUT2D eigenvalue weighted by molar-refractivity contribution is 7.92. The van der Waals surface area contributed by atoms with E-state index in [0.717, 1.165) is 5.01 Å². The van der Waals surface area contributed by atoms with Gasteiger partial charge in [-0.2, -0.15) is 20.3 Å². The molecule has 0 saturated heterocycles. The van der Waals surface area contributed by atoms with Crippen LogP contribution in [0.1, 0.15) is 17.3 Å². The molecule has 0 aliphatic carbocycles. The fourth-order valence-corrected chi connectivity index (χ4v) is 4.12. The Morgan fingerprint density at radius 1 is 1.06 bits per heavy atom. The summed E-state index contributed by atoms with van der Waals surface area (Å²) in [4.78, 5) is 29.2. The minimum atomic E-state index is -3.83. The van der Waals surface area contributed by atoms with E-state index in [2.05, 4.69) is 25.0 Å². The Morgan fingerprint density at radius 3 is 2.41 bits per heavy atom. The second-order valence-corrected chi connectivity index (χ2v) is 9.25. The van der Waals surface area contributed by atoms with Gasteiger partial charge in [-0.3, -0.25) is 14.3 Å². The van der Waals surface area contributed by atoms with Crippen molar-refractivity contribution in [3.05, 3.63) is 83.5 Å². The second kappa shape index (κ2) is 9.49. The lowest BCUT2D eigenvalue weighted by Crippen LogP contribution is -2.34. The molecule has 172 valence electrons. The summed E-state index contributed by atoms with van der Waals surface area (Å²) in [6.45, 7) is 1.57. The fourth-order valence-electron chi connectivity index (χ4n) is 2.99. The predicted molar refractivity (Wildman–Crippen MR) is 126 cm³/mol. The molecule has 1 atom stereocenters. The van der Waals surface area contributed by atoms with Crippen LogP contribution in [0.2, 0.25) is 5.02 Å².